The largest absolute Gasteiger partial charge is 0.647 e. The monoisotopic (exact) mass is 146 g/mol. The van der Waals surface area contributed by atoms with Crippen molar-refractivity contribution in [3.63, 3.8) is 0 Å². The number of aliphatic hydroxyl groups excluding tert-OH is 1. The van der Waals surface area contributed by atoms with E-state index in [0.717, 1.165) is 0 Å². The number of aliphatic hydroxyl groups is 2. The van der Waals surface area contributed by atoms with Crippen molar-refractivity contribution < 1.29 is 24.2 Å². The fraction of sp³-hybridized carbons (Fsp3) is 1.00. The van der Waals surface area contributed by atoms with Gasteiger partial charge in [-0.2, -0.15) is 0 Å². The minimum atomic E-state index is -1.58. The van der Waals surface area contributed by atoms with Gasteiger partial charge in [-0.05, 0) is 0 Å². The van der Waals surface area contributed by atoms with Gasteiger partial charge < -0.3 is 24.2 Å². The van der Waals surface area contributed by atoms with E-state index in [4.69, 9.17) is 19.1 Å². The second kappa shape index (κ2) is 1.93. The lowest BCUT2D eigenvalue weighted by molar-refractivity contribution is -0.337. The highest BCUT2D eigenvalue weighted by Gasteiger charge is 2.66. The number of hydrogen-bond acceptors (Lipinski definition) is 5. The van der Waals surface area contributed by atoms with E-state index in [-0.39, 0.29) is 6.61 Å². The van der Waals surface area contributed by atoms with Crippen molar-refractivity contribution in [1.29, 1.82) is 0 Å². The fourth-order valence-electron chi connectivity index (χ4n) is 1.08. The van der Waals surface area contributed by atoms with Crippen LogP contribution in [0, 0.1) is 0 Å². The summed E-state index contributed by atoms with van der Waals surface area (Å²) in [6, 6.07) is 0. The van der Waals surface area contributed by atoms with E-state index in [2.05, 4.69) is 0 Å². The van der Waals surface area contributed by atoms with Crippen LogP contribution in [0.5, 0.6) is 0 Å². The Hall–Kier alpha value is -0.135. The maximum atomic E-state index is 9.17. The smallest absolute Gasteiger partial charge is 0.396 e. The summed E-state index contributed by atoms with van der Waals surface area (Å²) in [5, 5.41) is 17.6. The van der Waals surface area contributed by atoms with Crippen LogP contribution >= 0.6 is 0 Å². The van der Waals surface area contributed by atoms with Gasteiger partial charge in [-0.15, -0.1) is 0 Å². The lowest BCUT2D eigenvalue weighted by Gasteiger charge is -2.30. The Kier molecular flexibility index (Phi) is 1.27. The molecule has 3 saturated heterocycles. The van der Waals surface area contributed by atoms with Crippen LogP contribution in [0.15, 0.2) is 0 Å². The Morgan fingerprint density at radius 2 is 2.20 bits per heavy atom. The Labute approximate surface area is 57.7 Å². The summed E-state index contributed by atoms with van der Waals surface area (Å²) in [5.74, 6) is -1.58. The molecule has 0 amide bonds. The summed E-state index contributed by atoms with van der Waals surface area (Å²) >= 11 is 0. The lowest BCUT2D eigenvalue weighted by atomic mass is 10.2. The van der Waals surface area contributed by atoms with E-state index in [1.807, 2.05) is 0 Å². The molecule has 10 heavy (non-hydrogen) atoms. The number of hydrogen-bond donors (Lipinski definition) is 2. The molecule has 0 aliphatic carbocycles. The summed E-state index contributed by atoms with van der Waals surface area (Å²) in [6.45, 7) is -0.0492. The Morgan fingerprint density at radius 1 is 1.50 bits per heavy atom. The molecule has 1 atom stereocenters. The lowest BCUT2D eigenvalue weighted by Crippen LogP contribution is -2.52. The quantitative estimate of drug-likeness (QED) is 0.461. The maximum absolute atomic E-state index is 9.17. The van der Waals surface area contributed by atoms with E-state index >= 15 is 0 Å². The molecule has 56 valence electrons. The van der Waals surface area contributed by atoms with Gasteiger partial charge in [0.15, 0.2) is 0 Å². The van der Waals surface area contributed by atoms with Crippen LogP contribution in [0.3, 0.4) is 0 Å². The molecule has 2 N–H and O–H groups in total. The summed E-state index contributed by atoms with van der Waals surface area (Å²) in [6.07, 6.45) is -0.213. The molecule has 1 unspecified atom stereocenters. The molecule has 5 nitrogen and oxygen atoms in total. The molecule has 0 spiro atoms. The number of rotatable bonds is 2. The third-order valence-electron chi connectivity index (χ3n) is 1.60. The summed E-state index contributed by atoms with van der Waals surface area (Å²) in [5.41, 5.74) is 0. The topological polar surface area (TPSA) is 68.2 Å². The zero-order chi connectivity index (χ0) is 7.19. The zero-order valence-corrected chi connectivity index (χ0v) is 5.19. The van der Waals surface area contributed by atoms with E-state index in [1.54, 1.807) is 0 Å². The SMILES string of the molecule is OCCC1OB2OC1(O)O2. The van der Waals surface area contributed by atoms with Crippen molar-refractivity contribution in [2.75, 3.05) is 6.61 Å². The molecule has 0 aromatic rings. The van der Waals surface area contributed by atoms with Gasteiger partial charge >= 0.3 is 7.32 Å². The molecule has 0 saturated carbocycles. The Morgan fingerprint density at radius 3 is 2.60 bits per heavy atom. The highest BCUT2D eigenvalue weighted by Crippen LogP contribution is 2.39. The van der Waals surface area contributed by atoms with Crippen LogP contribution in [0.25, 0.3) is 0 Å². The van der Waals surface area contributed by atoms with Gasteiger partial charge in [0.05, 0.1) is 0 Å². The molecule has 0 radical (unpaired) electrons. The van der Waals surface area contributed by atoms with E-state index < -0.39 is 19.4 Å². The molecular weight excluding hydrogens is 139 g/mol. The predicted molar refractivity (Wildman–Crippen MR) is 29.4 cm³/mol. The molecule has 0 aromatic heterocycles. The van der Waals surface area contributed by atoms with Crippen LogP contribution in [0.2, 0.25) is 0 Å². The molecule has 3 aliphatic rings. The summed E-state index contributed by atoms with van der Waals surface area (Å²) in [7, 11) is -0.721. The molecule has 3 rings (SSSR count). The van der Waals surface area contributed by atoms with Gasteiger partial charge in [-0.1, -0.05) is 0 Å². The Bertz CT molecular complexity index is 145. The highest BCUT2D eigenvalue weighted by atomic mass is 17.0. The van der Waals surface area contributed by atoms with Gasteiger partial charge in [0.25, 0.3) is 5.97 Å². The van der Waals surface area contributed by atoms with Crippen molar-refractivity contribution >= 4 is 7.32 Å². The van der Waals surface area contributed by atoms with Gasteiger partial charge in [0.1, 0.15) is 6.10 Å². The average molecular weight is 146 g/mol. The maximum Gasteiger partial charge on any atom is 0.647 e. The van der Waals surface area contributed by atoms with E-state index in [1.165, 1.54) is 0 Å². The third-order valence-corrected chi connectivity index (χ3v) is 1.60. The Balaban J connectivity index is 1.98. The zero-order valence-electron chi connectivity index (χ0n) is 5.19. The number of fused-ring (bicyclic) bond motifs is 1. The first-order chi connectivity index (χ1) is 4.74. The molecule has 2 bridgehead atoms. The highest BCUT2D eigenvalue weighted by molar-refractivity contribution is 6.40. The third kappa shape index (κ3) is 0.709. The van der Waals surface area contributed by atoms with Crippen LogP contribution < -0.4 is 0 Å². The standard InChI is InChI=1S/C4H7BO5/c6-2-1-3-4(7)9-5(8-3)10-4/h3,6-7H,1-2H2. The van der Waals surface area contributed by atoms with Crippen molar-refractivity contribution in [3.8, 4) is 0 Å². The minimum absolute atomic E-state index is 0.0492. The first-order valence-electron chi connectivity index (χ1n) is 3.09. The first-order valence-corrected chi connectivity index (χ1v) is 3.09. The normalized spacial score (nSPS) is 43.8. The molecule has 3 fully saturated rings. The molecule has 3 heterocycles. The van der Waals surface area contributed by atoms with Crippen LogP contribution in [0.1, 0.15) is 6.42 Å². The van der Waals surface area contributed by atoms with Crippen LogP contribution in [0.4, 0.5) is 0 Å². The molecule has 6 heteroatoms. The van der Waals surface area contributed by atoms with Gasteiger partial charge in [-0.3, -0.25) is 0 Å². The van der Waals surface area contributed by atoms with Crippen LogP contribution in [-0.4, -0.2) is 36.2 Å². The second-order valence-corrected chi connectivity index (χ2v) is 2.29. The van der Waals surface area contributed by atoms with E-state index in [9.17, 15) is 5.11 Å². The molecule has 3 aliphatic heterocycles. The summed E-state index contributed by atoms with van der Waals surface area (Å²) < 4.78 is 14.3. The fourth-order valence-corrected chi connectivity index (χ4v) is 1.08. The molecular formula is C4H7BO5. The predicted octanol–water partition coefficient (Wildman–Crippen LogP) is -1.55. The van der Waals surface area contributed by atoms with Gasteiger partial charge in [0, 0.05) is 13.0 Å². The van der Waals surface area contributed by atoms with Crippen molar-refractivity contribution in [2.45, 2.75) is 18.5 Å². The second-order valence-electron chi connectivity index (χ2n) is 2.29. The van der Waals surface area contributed by atoms with E-state index in [0.29, 0.717) is 6.42 Å². The first kappa shape index (κ1) is 6.57. The van der Waals surface area contributed by atoms with Crippen molar-refractivity contribution in [2.24, 2.45) is 0 Å². The molecule has 0 aromatic carbocycles. The van der Waals surface area contributed by atoms with Gasteiger partial charge in [-0.25, -0.2) is 0 Å². The van der Waals surface area contributed by atoms with Gasteiger partial charge in [0.2, 0.25) is 0 Å². The van der Waals surface area contributed by atoms with Crippen molar-refractivity contribution in [1.82, 2.24) is 0 Å². The minimum Gasteiger partial charge on any atom is -0.396 e. The average Bonchev–Trinajstić information content (AvgIpc) is 2.21. The van der Waals surface area contributed by atoms with Crippen molar-refractivity contribution in [3.05, 3.63) is 0 Å². The summed E-state index contributed by atoms with van der Waals surface area (Å²) in [4.78, 5) is 0. The van der Waals surface area contributed by atoms with Crippen LogP contribution in [-0.2, 0) is 14.0 Å².